The van der Waals surface area contributed by atoms with Crippen molar-refractivity contribution < 1.29 is 4.74 Å². The second kappa shape index (κ2) is 8.84. The SMILES string of the molecule is CCc1ccc(C2NCCc3cc(OCCN(CC)CC)ccc32)s1. The maximum Gasteiger partial charge on any atom is 0.119 e. The predicted octanol–water partition coefficient (Wildman–Crippen LogP) is 4.27. The topological polar surface area (TPSA) is 24.5 Å². The van der Waals surface area contributed by atoms with Crippen LogP contribution in [0.1, 0.15) is 47.7 Å². The van der Waals surface area contributed by atoms with Gasteiger partial charge in [0, 0.05) is 22.8 Å². The molecule has 0 saturated heterocycles. The molecule has 0 spiro atoms. The molecule has 0 amide bonds. The minimum atomic E-state index is 0.332. The van der Waals surface area contributed by atoms with Gasteiger partial charge in [-0.15, -0.1) is 11.3 Å². The summed E-state index contributed by atoms with van der Waals surface area (Å²) in [4.78, 5) is 5.27. The van der Waals surface area contributed by atoms with Crippen molar-refractivity contribution in [3.05, 3.63) is 51.2 Å². The Hall–Kier alpha value is -1.36. The van der Waals surface area contributed by atoms with Gasteiger partial charge in [-0.3, -0.25) is 0 Å². The Balaban J connectivity index is 1.69. The van der Waals surface area contributed by atoms with E-state index >= 15 is 0 Å². The Kier molecular flexibility index (Phi) is 6.51. The average molecular weight is 359 g/mol. The second-order valence-electron chi connectivity index (χ2n) is 6.53. The molecule has 1 aliphatic heterocycles. The summed E-state index contributed by atoms with van der Waals surface area (Å²) in [7, 11) is 0. The number of benzene rings is 1. The minimum absolute atomic E-state index is 0.332. The summed E-state index contributed by atoms with van der Waals surface area (Å²) in [5.41, 5.74) is 2.84. The zero-order valence-electron chi connectivity index (χ0n) is 15.7. The lowest BCUT2D eigenvalue weighted by Gasteiger charge is -2.27. The fourth-order valence-electron chi connectivity index (χ4n) is 3.46. The largest absolute Gasteiger partial charge is 0.492 e. The molecule has 25 heavy (non-hydrogen) atoms. The van der Waals surface area contributed by atoms with Gasteiger partial charge in [0.1, 0.15) is 12.4 Å². The van der Waals surface area contributed by atoms with Gasteiger partial charge in [-0.1, -0.05) is 26.8 Å². The third-order valence-corrected chi connectivity index (χ3v) is 6.35. The van der Waals surface area contributed by atoms with Crippen LogP contribution in [0.2, 0.25) is 0 Å². The Morgan fingerprint density at radius 3 is 2.72 bits per heavy atom. The Morgan fingerprint density at radius 2 is 2.00 bits per heavy atom. The first-order chi connectivity index (χ1) is 12.2. The number of hydrogen-bond acceptors (Lipinski definition) is 4. The van der Waals surface area contributed by atoms with E-state index in [1.54, 1.807) is 0 Å². The normalized spacial score (nSPS) is 16.9. The van der Waals surface area contributed by atoms with Crippen molar-refractivity contribution in [3.63, 3.8) is 0 Å². The van der Waals surface area contributed by atoms with E-state index in [1.165, 1.54) is 20.9 Å². The summed E-state index contributed by atoms with van der Waals surface area (Å²) in [6.07, 6.45) is 2.19. The van der Waals surface area contributed by atoms with Gasteiger partial charge in [0.2, 0.25) is 0 Å². The van der Waals surface area contributed by atoms with Gasteiger partial charge < -0.3 is 15.0 Å². The second-order valence-corrected chi connectivity index (χ2v) is 7.73. The third-order valence-electron chi connectivity index (χ3n) is 5.05. The predicted molar refractivity (Wildman–Crippen MR) is 107 cm³/mol. The van der Waals surface area contributed by atoms with Crippen LogP contribution in [-0.4, -0.2) is 37.7 Å². The molecule has 0 aliphatic carbocycles. The van der Waals surface area contributed by atoms with Crippen LogP contribution in [0.25, 0.3) is 0 Å². The van der Waals surface area contributed by atoms with E-state index in [2.05, 4.69) is 61.3 Å². The molecule has 1 N–H and O–H groups in total. The highest BCUT2D eigenvalue weighted by Gasteiger charge is 2.23. The van der Waals surface area contributed by atoms with Crippen LogP contribution in [0.5, 0.6) is 5.75 Å². The molecule has 2 heterocycles. The third kappa shape index (κ3) is 4.43. The van der Waals surface area contributed by atoms with Crippen LogP contribution in [0.15, 0.2) is 30.3 Å². The number of thiophene rings is 1. The summed E-state index contributed by atoms with van der Waals surface area (Å²) in [5.74, 6) is 1.01. The lowest BCUT2D eigenvalue weighted by Crippen LogP contribution is -2.30. The van der Waals surface area contributed by atoms with Crippen molar-refractivity contribution in [1.29, 1.82) is 0 Å². The molecule has 3 rings (SSSR count). The molecular formula is C21H30N2OS. The number of likely N-dealkylation sites (N-methyl/N-ethyl adjacent to an activating group) is 1. The molecule has 1 aromatic carbocycles. The smallest absolute Gasteiger partial charge is 0.119 e. The van der Waals surface area contributed by atoms with Crippen LogP contribution in [0.3, 0.4) is 0 Å². The van der Waals surface area contributed by atoms with Crippen molar-refractivity contribution in [1.82, 2.24) is 10.2 Å². The maximum absolute atomic E-state index is 6.01. The standard InChI is InChI=1S/C21H30N2OS/c1-4-18-8-10-20(25-18)21-19-9-7-17(15-16(19)11-12-22-21)24-14-13-23(5-2)6-3/h7-10,15,21-22H,4-6,11-14H2,1-3H3. The van der Waals surface area contributed by atoms with Gasteiger partial charge in [-0.25, -0.2) is 0 Å². The molecular weight excluding hydrogens is 328 g/mol. The van der Waals surface area contributed by atoms with Crippen LogP contribution in [0, 0.1) is 0 Å². The molecule has 3 nitrogen and oxygen atoms in total. The summed E-state index contributed by atoms with van der Waals surface area (Å²) in [6.45, 7) is 11.6. The Bertz CT molecular complexity index is 678. The molecule has 1 aliphatic rings. The highest BCUT2D eigenvalue weighted by atomic mass is 32.1. The number of nitrogens with zero attached hydrogens (tertiary/aromatic N) is 1. The van der Waals surface area contributed by atoms with E-state index in [1.807, 2.05) is 11.3 Å². The first kappa shape index (κ1) is 18.4. The van der Waals surface area contributed by atoms with Gasteiger partial charge in [-0.2, -0.15) is 0 Å². The number of rotatable bonds is 8. The summed E-state index contributed by atoms with van der Waals surface area (Å²) >= 11 is 1.93. The first-order valence-electron chi connectivity index (χ1n) is 9.55. The van der Waals surface area contributed by atoms with E-state index in [-0.39, 0.29) is 0 Å². The Morgan fingerprint density at radius 1 is 1.16 bits per heavy atom. The minimum Gasteiger partial charge on any atom is -0.492 e. The van der Waals surface area contributed by atoms with E-state index in [4.69, 9.17) is 4.74 Å². The van der Waals surface area contributed by atoms with Gasteiger partial charge in [0.15, 0.2) is 0 Å². The molecule has 0 fully saturated rings. The zero-order chi connectivity index (χ0) is 17.6. The summed E-state index contributed by atoms with van der Waals surface area (Å²) in [6, 6.07) is 11.5. The van der Waals surface area contributed by atoms with Crippen molar-refractivity contribution >= 4 is 11.3 Å². The summed E-state index contributed by atoms with van der Waals surface area (Å²) in [5, 5.41) is 3.68. The monoisotopic (exact) mass is 358 g/mol. The zero-order valence-corrected chi connectivity index (χ0v) is 16.5. The molecule has 1 atom stereocenters. The first-order valence-corrected chi connectivity index (χ1v) is 10.4. The van der Waals surface area contributed by atoms with E-state index in [0.29, 0.717) is 6.04 Å². The lowest BCUT2D eigenvalue weighted by atomic mass is 9.93. The van der Waals surface area contributed by atoms with E-state index in [0.717, 1.165) is 51.4 Å². The highest BCUT2D eigenvalue weighted by Crippen LogP contribution is 2.34. The van der Waals surface area contributed by atoms with Gasteiger partial charge in [0.05, 0.1) is 6.04 Å². The fraction of sp³-hybridized carbons (Fsp3) is 0.524. The van der Waals surface area contributed by atoms with Crippen molar-refractivity contribution in [2.45, 2.75) is 39.7 Å². The van der Waals surface area contributed by atoms with Crippen LogP contribution < -0.4 is 10.1 Å². The molecule has 1 aromatic heterocycles. The molecule has 1 unspecified atom stereocenters. The number of nitrogens with one attached hydrogen (secondary N) is 1. The Labute approximate surface area is 156 Å². The van der Waals surface area contributed by atoms with Crippen molar-refractivity contribution in [2.24, 2.45) is 0 Å². The fourth-order valence-corrected chi connectivity index (χ4v) is 4.50. The number of aryl methyl sites for hydroxylation is 1. The van der Waals surface area contributed by atoms with Gasteiger partial charge >= 0.3 is 0 Å². The number of ether oxygens (including phenoxy) is 1. The average Bonchev–Trinajstić information content (AvgIpc) is 3.13. The molecule has 136 valence electrons. The number of hydrogen-bond donors (Lipinski definition) is 1. The van der Waals surface area contributed by atoms with Crippen molar-refractivity contribution in [3.8, 4) is 5.75 Å². The van der Waals surface area contributed by atoms with E-state index in [9.17, 15) is 0 Å². The van der Waals surface area contributed by atoms with Gasteiger partial charge in [0.25, 0.3) is 0 Å². The van der Waals surface area contributed by atoms with Crippen LogP contribution in [0.4, 0.5) is 0 Å². The maximum atomic E-state index is 6.01. The molecule has 2 aromatic rings. The lowest BCUT2D eigenvalue weighted by molar-refractivity contribution is 0.222. The summed E-state index contributed by atoms with van der Waals surface area (Å²) < 4.78 is 6.01. The molecule has 0 saturated carbocycles. The van der Waals surface area contributed by atoms with Crippen molar-refractivity contribution in [2.75, 3.05) is 32.8 Å². The molecule has 0 radical (unpaired) electrons. The molecule has 4 heteroatoms. The number of fused-ring (bicyclic) bond motifs is 1. The van der Waals surface area contributed by atoms with Crippen LogP contribution >= 0.6 is 11.3 Å². The quantitative estimate of drug-likeness (QED) is 0.763. The molecule has 0 bridgehead atoms. The van der Waals surface area contributed by atoms with E-state index < -0.39 is 0 Å². The van der Waals surface area contributed by atoms with Gasteiger partial charge in [-0.05, 0) is 61.3 Å². The van der Waals surface area contributed by atoms with Crippen LogP contribution in [-0.2, 0) is 12.8 Å². The highest BCUT2D eigenvalue weighted by molar-refractivity contribution is 7.12.